The molecule has 0 bridgehead atoms. The number of unbranched alkanes of at least 4 members (excludes halogenated alkanes) is 29. The number of nitrogens with one attached hydrogen (secondary N) is 1. The summed E-state index contributed by atoms with van der Waals surface area (Å²) in [7, 11) is 0. The van der Waals surface area contributed by atoms with Crippen LogP contribution in [0, 0.1) is 0 Å². The van der Waals surface area contributed by atoms with Gasteiger partial charge in [-0.3, -0.25) is 4.79 Å². The lowest BCUT2D eigenvalue weighted by atomic mass is 9.99. The van der Waals surface area contributed by atoms with Gasteiger partial charge in [-0.2, -0.15) is 0 Å². The van der Waals surface area contributed by atoms with E-state index in [0.29, 0.717) is 6.42 Å². The second-order valence-electron chi connectivity index (χ2n) is 17.3. The Morgan fingerprint density at radius 2 is 0.983 bits per heavy atom. The number of aliphatic hydroxyl groups is 5. The first-order chi connectivity index (χ1) is 28.3. The molecule has 0 aromatic carbocycles. The van der Waals surface area contributed by atoms with Crippen molar-refractivity contribution in [3.05, 3.63) is 24.3 Å². The van der Waals surface area contributed by atoms with Crippen molar-refractivity contribution in [3.63, 3.8) is 0 Å². The molecular formula is C49H93NO8. The zero-order valence-electron chi connectivity index (χ0n) is 37.6. The molecular weight excluding hydrogens is 731 g/mol. The Bertz CT molecular complexity index is 961. The van der Waals surface area contributed by atoms with Crippen LogP contribution >= 0.6 is 0 Å². The molecule has 9 nitrogen and oxygen atoms in total. The Labute approximate surface area is 356 Å². The van der Waals surface area contributed by atoms with Crippen molar-refractivity contribution < 1.29 is 39.8 Å². The van der Waals surface area contributed by atoms with Crippen molar-refractivity contribution in [1.82, 2.24) is 5.32 Å². The van der Waals surface area contributed by atoms with Gasteiger partial charge in [0.05, 0.1) is 25.4 Å². The monoisotopic (exact) mass is 824 g/mol. The highest BCUT2D eigenvalue weighted by molar-refractivity contribution is 5.76. The standard InChI is InChI=1S/C49H93NO8/c1-3-5-7-9-11-13-15-17-18-19-20-21-22-23-24-25-27-29-31-33-35-37-39-45(53)50-42(41-57-49-48(56)47(55)46(54)44(40-51)58-49)43(52)38-36-34-32-30-28-26-16-14-12-10-8-6-4-2/h28,30,36,38,42-44,46-49,51-52,54-56H,3-27,29,31-35,37,39-41H2,1-2H3,(H,50,53)/b30-28+,38-36+. The zero-order valence-corrected chi connectivity index (χ0v) is 37.6. The number of hydrogen-bond donors (Lipinski definition) is 6. The Kier molecular flexibility index (Phi) is 37.5. The number of amides is 1. The van der Waals surface area contributed by atoms with Crippen LogP contribution in [0.4, 0.5) is 0 Å². The first-order valence-corrected chi connectivity index (χ1v) is 24.6. The van der Waals surface area contributed by atoms with Gasteiger partial charge in [-0.15, -0.1) is 0 Å². The summed E-state index contributed by atoms with van der Waals surface area (Å²) in [6, 6.07) is -0.816. The Morgan fingerprint density at radius 1 is 0.569 bits per heavy atom. The summed E-state index contributed by atoms with van der Waals surface area (Å²) in [6.45, 7) is 3.76. The summed E-state index contributed by atoms with van der Waals surface area (Å²) in [5.41, 5.74) is 0. The Hall–Kier alpha value is -1.33. The molecule has 1 aliphatic heterocycles. The van der Waals surface area contributed by atoms with E-state index >= 15 is 0 Å². The number of carbonyl (C=O) groups is 1. The van der Waals surface area contributed by atoms with Gasteiger partial charge in [-0.25, -0.2) is 0 Å². The van der Waals surface area contributed by atoms with Gasteiger partial charge in [0, 0.05) is 6.42 Å². The highest BCUT2D eigenvalue weighted by atomic mass is 16.7. The molecule has 58 heavy (non-hydrogen) atoms. The van der Waals surface area contributed by atoms with Gasteiger partial charge >= 0.3 is 0 Å². The molecule has 6 N–H and O–H groups in total. The topological polar surface area (TPSA) is 149 Å². The molecule has 7 atom stereocenters. The van der Waals surface area contributed by atoms with E-state index in [1.54, 1.807) is 6.08 Å². The van der Waals surface area contributed by atoms with E-state index < -0.39 is 49.5 Å². The fourth-order valence-electron chi connectivity index (χ4n) is 7.82. The Balaban J connectivity index is 2.28. The van der Waals surface area contributed by atoms with Crippen LogP contribution in [0.5, 0.6) is 0 Å². The van der Waals surface area contributed by atoms with Crippen LogP contribution < -0.4 is 5.32 Å². The largest absolute Gasteiger partial charge is 0.394 e. The number of aliphatic hydroxyl groups excluding tert-OH is 5. The normalized spacial score (nSPS) is 21.0. The van der Waals surface area contributed by atoms with Crippen LogP contribution in [0.1, 0.15) is 226 Å². The smallest absolute Gasteiger partial charge is 0.220 e. The van der Waals surface area contributed by atoms with Crippen LogP contribution in [0.3, 0.4) is 0 Å². The maximum atomic E-state index is 13.0. The Morgan fingerprint density at radius 3 is 1.45 bits per heavy atom. The second-order valence-corrected chi connectivity index (χ2v) is 17.3. The van der Waals surface area contributed by atoms with Gasteiger partial charge in [0.15, 0.2) is 6.29 Å². The molecule has 9 heteroatoms. The fraction of sp³-hybridized carbons (Fsp3) is 0.898. The summed E-state index contributed by atoms with van der Waals surface area (Å²) in [5, 5.41) is 54.2. The van der Waals surface area contributed by atoms with E-state index in [9.17, 15) is 30.3 Å². The predicted octanol–water partition coefficient (Wildman–Crippen LogP) is 10.7. The minimum atomic E-state index is -1.57. The summed E-state index contributed by atoms with van der Waals surface area (Å²) in [5.74, 6) is -0.184. The average molecular weight is 824 g/mol. The SMILES string of the molecule is CCCCCCCCC/C=C/CC/C=C/C(O)C(COC1OC(CO)C(O)C(O)C1O)NC(=O)CCCCCCCCCCCCCCCCCCCCCCCC. The molecule has 0 spiro atoms. The summed E-state index contributed by atoms with van der Waals surface area (Å²) in [4.78, 5) is 13.0. The second kappa shape index (κ2) is 39.8. The molecule has 1 rings (SSSR count). The lowest BCUT2D eigenvalue weighted by Gasteiger charge is -2.40. The van der Waals surface area contributed by atoms with Gasteiger partial charge in [0.1, 0.15) is 24.4 Å². The van der Waals surface area contributed by atoms with Crippen LogP contribution in [0.15, 0.2) is 24.3 Å². The molecule has 1 saturated heterocycles. The van der Waals surface area contributed by atoms with E-state index in [2.05, 4.69) is 31.3 Å². The van der Waals surface area contributed by atoms with Crippen molar-refractivity contribution >= 4 is 5.91 Å². The van der Waals surface area contributed by atoms with Crippen molar-refractivity contribution in [3.8, 4) is 0 Å². The molecule has 0 aliphatic carbocycles. The number of carbonyl (C=O) groups excluding carboxylic acids is 1. The van der Waals surface area contributed by atoms with E-state index in [0.717, 1.165) is 38.5 Å². The van der Waals surface area contributed by atoms with Crippen LogP contribution in [-0.2, 0) is 14.3 Å². The van der Waals surface area contributed by atoms with Crippen molar-refractivity contribution in [2.24, 2.45) is 0 Å². The van der Waals surface area contributed by atoms with E-state index in [1.165, 1.54) is 167 Å². The van der Waals surface area contributed by atoms with Gasteiger partial charge in [0.2, 0.25) is 5.91 Å². The molecule has 0 saturated carbocycles. The molecule has 0 radical (unpaired) electrons. The molecule has 1 amide bonds. The minimum absolute atomic E-state index is 0.184. The molecule has 0 aromatic rings. The average Bonchev–Trinajstić information content (AvgIpc) is 3.22. The first kappa shape index (κ1) is 54.7. The van der Waals surface area contributed by atoms with Crippen molar-refractivity contribution in [2.75, 3.05) is 13.2 Å². The number of hydrogen-bond acceptors (Lipinski definition) is 8. The number of allylic oxidation sites excluding steroid dienone is 3. The van der Waals surface area contributed by atoms with E-state index in [4.69, 9.17) is 9.47 Å². The predicted molar refractivity (Wildman–Crippen MR) is 240 cm³/mol. The maximum absolute atomic E-state index is 13.0. The number of rotatable bonds is 41. The zero-order chi connectivity index (χ0) is 42.3. The molecule has 1 heterocycles. The first-order valence-electron chi connectivity index (χ1n) is 24.6. The summed E-state index contributed by atoms with van der Waals surface area (Å²) < 4.78 is 11.2. The molecule has 1 fully saturated rings. The van der Waals surface area contributed by atoms with Gasteiger partial charge in [0.25, 0.3) is 0 Å². The third-order valence-corrected chi connectivity index (χ3v) is 11.8. The summed E-state index contributed by atoms with van der Waals surface area (Å²) >= 11 is 0. The van der Waals surface area contributed by atoms with Gasteiger partial charge in [-0.1, -0.05) is 212 Å². The molecule has 7 unspecified atom stereocenters. The summed E-state index contributed by atoms with van der Waals surface area (Å²) in [6.07, 6.45) is 40.9. The highest BCUT2D eigenvalue weighted by Crippen LogP contribution is 2.23. The third kappa shape index (κ3) is 29.8. The molecule has 1 aliphatic rings. The fourth-order valence-corrected chi connectivity index (χ4v) is 7.82. The van der Waals surface area contributed by atoms with Gasteiger partial charge in [-0.05, 0) is 32.1 Å². The van der Waals surface area contributed by atoms with Crippen LogP contribution in [-0.4, -0.2) is 87.5 Å². The van der Waals surface area contributed by atoms with E-state index in [1.807, 2.05) is 6.08 Å². The quantitative estimate of drug-likeness (QED) is 0.0264. The lowest BCUT2D eigenvalue weighted by molar-refractivity contribution is -0.302. The van der Waals surface area contributed by atoms with Crippen LogP contribution in [0.2, 0.25) is 0 Å². The minimum Gasteiger partial charge on any atom is -0.394 e. The molecule has 0 aromatic heterocycles. The van der Waals surface area contributed by atoms with Crippen LogP contribution in [0.25, 0.3) is 0 Å². The number of ether oxygens (including phenoxy) is 2. The van der Waals surface area contributed by atoms with Gasteiger partial charge < -0.3 is 40.3 Å². The van der Waals surface area contributed by atoms with Crippen molar-refractivity contribution in [1.29, 1.82) is 0 Å². The maximum Gasteiger partial charge on any atom is 0.220 e. The highest BCUT2D eigenvalue weighted by Gasteiger charge is 2.44. The lowest BCUT2D eigenvalue weighted by Crippen LogP contribution is -2.60. The molecule has 342 valence electrons. The van der Waals surface area contributed by atoms with E-state index in [-0.39, 0.29) is 12.5 Å². The third-order valence-electron chi connectivity index (χ3n) is 11.8. The van der Waals surface area contributed by atoms with Crippen molar-refractivity contribution in [2.45, 2.75) is 269 Å².